The molecule has 0 unspecified atom stereocenters. The average molecular weight is 366 g/mol. The van der Waals surface area contributed by atoms with Crippen LogP contribution in [0.3, 0.4) is 0 Å². The van der Waals surface area contributed by atoms with Gasteiger partial charge in [0.2, 0.25) is 5.91 Å². The lowest BCUT2D eigenvalue weighted by atomic mass is 10.1. The van der Waals surface area contributed by atoms with E-state index in [1.165, 1.54) is 6.92 Å². The molecular weight excluding hydrogens is 344 g/mol. The predicted molar refractivity (Wildman–Crippen MR) is 101 cm³/mol. The molecular formula is C20H22N4O3. The molecule has 7 nitrogen and oxygen atoms in total. The van der Waals surface area contributed by atoms with Gasteiger partial charge in [-0.1, -0.05) is 12.1 Å². The van der Waals surface area contributed by atoms with Crippen molar-refractivity contribution in [2.75, 3.05) is 31.5 Å². The van der Waals surface area contributed by atoms with E-state index in [0.717, 1.165) is 0 Å². The number of nitrogens with one attached hydrogen (secondary N) is 1. The van der Waals surface area contributed by atoms with Crippen molar-refractivity contribution in [2.45, 2.75) is 13.3 Å². The van der Waals surface area contributed by atoms with Crippen LogP contribution in [0.2, 0.25) is 0 Å². The molecule has 1 saturated heterocycles. The Hall–Kier alpha value is -3.22. The monoisotopic (exact) mass is 366 g/mol. The minimum absolute atomic E-state index is 0.102. The van der Waals surface area contributed by atoms with Crippen LogP contribution < -0.4 is 5.32 Å². The molecule has 1 aliphatic rings. The second-order valence-electron chi connectivity index (χ2n) is 6.41. The maximum atomic E-state index is 12.8. The molecule has 140 valence electrons. The average Bonchev–Trinajstić information content (AvgIpc) is 2.93. The number of hydrogen-bond donors (Lipinski definition) is 1. The summed E-state index contributed by atoms with van der Waals surface area (Å²) < 4.78 is 0. The highest BCUT2D eigenvalue weighted by molar-refractivity contribution is 5.97. The van der Waals surface area contributed by atoms with Crippen molar-refractivity contribution >= 4 is 23.4 Å². The molecule has 7 heteroatoms. The third kappa shape index (κ3) is 4.69. The second-order valence-corrected chi connectivity index (χ2v) is 6.41. The van der Waals surface area contributed by atoms with Gasteiger partial charge in [-0.15, -0.1) is 0 Å². The molecule has 0 atom stereocenters. The first kappa shape index (κ1) is 18.6. The minimum Gasteiger partial charge on any atom is -0.337 e. The summed E-state index contributed by atoms with van der Waals surface area (Å²) in [5.74, 6) is -0.398. The van der Waals surface area contributed by atoms with Gasteiger partial charge in [-0.25, -0.2) is 0 Å². The van der Waals surface area contributed by atoms with Crippen LogP contribution in [-0.2, 0) is 4.79 Å². The predicted octanol–water partition coefficient (Wildman–Crippen LogP) is 2.03. The van der Waals surface area contributed by atoms with Crippen molar-refractivity contribution < 1.29 is 14.4 Å². The van der Waals surface area contributed by atoms with Crippen LogP contribution in [0, 0.1) is 0 Å². The first-order chi connectivity index (χ1) is 13.0. The highest BCUT2D eigenvalue weighted by Crippen LogP contribution is 2.15. The van der Waals surface area contributed by atoms with Gasteiger partial charge in [0.15, 0.2) is 0 Å². The molecule has 1 aromatic heterocycles. The summed E-state index contributed by atoms with van der Waals surface area (Å²) in [6.07, 6.45) is 2.30. The Morgan fingerprint density at radius 3 is 2.33 bits per heavy atom. The molecule has 1 aliphatic heterocycles. The van der Waals surface area contributed by atoms with Crippen LogP contribution in [0.5, 0.6) is 0 Å². The van der Waals surface area contributed by atoms with Crippen molar-refractivity contribution in [2.24, 2.45) is 0 Å². The Labute approximate surface area is 158 Å². The third-order valence-electron chi connectivity index (χ3n) is 4.38. The lowest BCUT2D eigenvalue weighted by molar-refractivity contribution is -0.114. The lowest BCUT2D eigenvalue weighted by Gasteiger charge is -2.22. The largest absolute Gasteiger partial charge is 0.337 e. The molecule has 0 aliphatic carbocycles. The van der Waals surface area contributed by atoms with Crippen LogP contribution in [0.25, 0.3) is 0 Å². The van der Waals surface area contributed by atoms with Gasteiger partial charge >= 0.3 is 0 Å². The maximum absolute atomic E-state index is 12.8. The van der Waals surface area contributed by atoms with E-state index in [-0.39, 0.29) is 17.7 Å². The Morgan fingerprint density at radius 1 is 0.926 bits per heavy atom. The number of pyridine rings is 1. The Balaban J connectivity index is 1.66. The fourth-order valence-corrected chi connectivity index (χ4v) is 3.09. The lowest BCUT2D eigenvalue weighted by Crippen LogP contribution is -2.37. The zero-order valence-corrected chi connectivity index (χ0v) is 15.2. The summed E-state index contributed by atoms with van der Waals surface area (Å²) in [5.41, 5.74) is 1.53. The van der Waals surface area contributed by atoms with E-state index >= 15 is 0 Å². The first-order valence-corrected chi connectivity index (χ1v) is 8.92. The number of amides is 3. The van der Waals surface area contributed by atoms with Crippen LogP contribution in [0.4, 0.5) is 5.69 Å². The van der Waals surface area contributed by atoms with Crippen molar-refractivity contribution in [3.8, 4) is 0 Å². The number of aromatic nitrogens is 1. The maximum Gasteiger partial charge on any atom is 0.272 e. The van der Waals surface area contributed by atoms with Gasteiger partial charge in [0.05, 0.1) is 0 Å². The summed E-state index contributed by atoms with van der Waals surface area (Å²) in [6.45, 7) is 3.52. The second kappa shape index (κ2) is 8.44. The van der Waals surface area contributed by atoms with E-state index in [0.29, 0.717) is 49.5 Å². The van der Waals surface area contributed by atoms with Gasteiger partial charge < -0.3 is 15.1 Å². The number of carbonyl (C=O) groups is 3. The minimum atomic E-state index is -0.182. The van der Waals surface area contributed by atoms with Crippen LogP contribution in [0.15, 0.2) is 48.7 Å². The molecule has 3 rings (SSSR count). The zero-order chi connectivity index (χ0) is 19.2. The van der Waals surface area contributed by atoms with Crippen molar-refractivity contribution in [1.29, 1.82) is 0 Å². The molecule has 0 bridgehead atoms. The van der Waals surface area contributed by atoms with Gasteiger partial charge in [-0.2, -0.15) is 0 Å². The van der Waals surface area contributed by atoms with Gasteiger partial charge in [0, 0.05) is 50.6 Å². The number of nitrogens with zero attached hydrogens (tertiary/aromatic N) is 3. The Bertz CT molecular complexity index is 838. The standard InChI is InChI=1S/C20H22N4O3/c1-15(25)22-17-7-4-6-16(14-17)19(26)23-10-5-11-24(13-12-23)20(27)18-8-2-3-9-21-18/h2-4,6-9,14H,5,10-13H2,1H3,(H,22,25). The van der Waals surface area contributed by atoms with Crippen molar-refractivity contribution in [1.82, 2.24) is 14.8 Å². The fraction of sp³-hybridized carbons (Fsp3) is 0.300. The third-order valence-corrected chi connectivity index (χ3v) is 4.38. The van der Waals surface area contributed by atoms with E-state index in [9.17, 15) is 14.4 Å². The fourth-order valence-electron chi connectivity index (χ4n) is 3.09. The number of rotatable bonds is 3. The first-order valence-electron chi connectivity index (χ1n) is 8.92. The van der Waals surface area contributed by atoms with Crippen molar-refractivity contribution in [3.63, 3.8) is 0 Å². The highest BCUT2D eigenvalue weighted by atomic mass is 16.2. The van der Waals surface area contributed by atoms with Crippen LogP contribution in [-0.4, -0.2) is 58.7 Å². The summed E-state index contributed by atoms with van der Waals surface area (Å²) in [5, 5.41) is 2.69. The number of carbonyl (C=O) groups excluding carboxylic acids is 3. The van der Waals surface area contributed by atoms with Crippen LogP contribution >= 0.6 is 0 Å². The van der Waals surface area contributed by atoms with Crippen LogP contribution in [0.1, 0.15) is 34.2 Å². The molecule has 1 aromatic carbocycles. The summed E-state index contributed by atoms with van der Waals surface area (Å²) in [4.78, 5) is 44.2. The van der Waals surface area contributed by atoms with Crippen molar-refractivity contribution in [3.05, 3.63) is 59.9 Å². The Kier molecular flexibility index (Phi) is 5.80. The summed E-state index contributed by atoms with van der Waals surface area (Å²) in [7, 11) is 0. The molecule has 3 amide bonds. The summed E-state index contributed by atoms with van der Waals surface area (Å²) >= 11 is 0. The van der Waals surface area contributed by atoms with Gasteiger partial charge in [0.1, 0.15) is 5.69 Å². The molecule has 0 radical (unpaired) electrons. The van der Waals surface area contributed by atoms with E-state index < -0.39 is 0 Å². The SMILES string of the molecule is CC(=O)Nc1cccc(C(=O)N2CCCN(C(=O)c3ccccn3)CC2)c1. The normalized spacial score (nSPS) is 14.4. The zero-order valence-electron chi connectivity index (χ0n) is 15.2. The van der Waals surface area contributed by atoms with Gasteiger partial charge in [-0.05, 0) is 36.8 Å². The number of anilines is 1. The highest BCUT2D eigenvalue weighted by Gasteiger charge is 2.24. The number of benzene rings is 1. The molecule has 0 spiro atoms. The molecule has 2 heterocycles. The smallest absolute Gasteiger partial charge is 0.272 e. The summed E-state index contributed by atoms with van der Waals surface area (Å²) in [6, 6.07) is 12.1. The van der Waals surface area contributed by atoms with Gasteiger partial charge in [-0.3, -0.25) is 19.4 Å². The molecule has 1 fully saturated rings. The molecule has 27 heavy (non-hydrogen) atoms. The number of hydrogen-bond acceptors (Lipinski definition) is 4. The quantitative estimate of drug-likeness (QED) is 0.901. The molecule has 2 aromatic rings. The van der Waals surface area contributed by atoms with E-state index in [2.05, 4.69) is 10.3 Å². The van der Waals surface area contributed by atoms with E-state index in [4.69, 9.17) is 0 Å². The topological polar surface area (TPSA) is 82.6 Å². The molecule has 1 N–H and O–H groups in total. The molecule has 0 saturated carbocycles. The van der Waals surface area contributed by atoms with Gasteiger partial charge in [0.25, 0.3) is 11.8 Å². The Morgan fingerprint density at radius 2 is 1.67 bits per heavy atom. The van der Waals surface area contributed by atoms with E-state index in [1.807, 2.05) is 0 Å². The van der Waals surface area contributed by atoms with E-state index in [1.54, 1.807) is 58.5 Å².